The van der Waals surface area contributed by atoms with Gasteiger partial charge in [-0.05, 0) is 51.5 Å². The van der Waals surface area contributed by atoms with Crippen LogP contribution in [0.1, 0.15) is 27.2 Å². The highest BCUT2D eigenvalue weighted by molar-refractivity contribution is 6.01. The van der Waals surface area contributed by atoms with Crippen molar-refractivity contribution in [1.29, 1.82) is 0 Å². The number of amides is 2. The second-order valence-electron chi connectivity index (χ2n) is 7.74. The second-order valence-corrected chi connectivity index (χ2v) is 7.74. The number of carbonyl (C=O) groups excluding carboxylic acids is 2. The van der Waals surface area contributed by atoms with E-state index in [2.05, 4.69) is 32.3 Å². The van der Waals surface area contributed by atoms with Crippen LogP contribution in [-0.2, 0) is 9.53 Å². The van der Waals surface area contributed by atoms with Crippen LogP contribution in [-0.4, -0.2) is 46.9 Å². The van der Waals surface area contributed by atoms with Crippen molar-refractivity contribution in [1.82, 2.24) is 15.5 Å². The number of benzene rings is 1. The fraction of sp³-hybridized carbons (Fsp3) is 0.400. The molecule has 0 unspecified atom stereocenters. The molecule has 1 aromatic heterocycles. The average molecular weight is 383 g/mol. The Bertz CT molecular complexity index is 906. The fourth-order valence-corrected chi connectivity index (χ4v) is 3.12. The topological polar surface area (TPSA) is 96.5 Å². The third kappa shape index (κ3) is 4.76. The molecule has 1 fully saturated rings. The third-order valence-corrected chi connectivity index (χ3v) is 4.30. The smallest absolute Gasteiger partial charge is 0.407 e. The molecule has 8 nitrogen and oxygen atoms in total. The molecule has 1 atom stereocenters. The first-order valence-electron chi connectivity index (χ1n) is 9.18. The number of rotatable bonds is 4. The molecule has 0 radical (unpaired) electrons. The van der Waals surface area contributed by atoms with E-state index in [9.17, 15) is 9.59 Å². The summed E-state index contributed by atoms with van der Waals surface area (Å²) in [4.78, 5) is 25.6. The molecule has 1 saturated heterocycles. The van der Waals surface area contributed by atoms with Crippen LogP contribution in [0.3, 0.4) is 0 Å². The van der Waals surface area contributed by atoms with Gasteiger partial charge in [0.2, 0.25) is 5.91 Å². The predicted molar refractivity (Wildman–Crippen MR) is 108 cm³/mol. The van der Waals surface area contributed by atoms with Gasteiger partial charge in [0.25, 0.3) is 0 Å². The van der Waals surface area contributed by atoms with Crippen LogP contribution in [0.5, 0.6) is 0 Å². The number of aromatic nitrogens is 2. The molecule has 1 aromatic carbocycles. The Morgan fingerprint density at radius 3 is 2.86 bits per heavy atom. The van der Waals surface area contributed by atoms with Gasteiger partial charge in [-0.15, -0.1) is 5.10 Å². The summed E-state index contributed by atoms with van der Waals surface area (Å²) in [5, 5.41) is 15.9. The van der Waals surface area contributed by atoms with E-state index in [1.165, 1.54) is 6.08 Å². The molecule has 1 aliphatic rings. The Kier molecular flexibility index (Phi) is 5.48. The molecule has 0 bridgehead atoms. The van der Waals surface area contributed by atoms with Crippen molar-refractivity contribution in [2.45, 2.75) is 38.8 Å². The van der Waals surface area contributed by atoms with Crippen LogP contribution in [0.4, 0.5) is 16.3 Å². The molecule has 0 aliphatic carbocycles. The molecule has 3 rings (SSSR count). The highest BCUT2D eigenvalue weighted by Gasteiger charge is 2.28. The highest BCUT2D eigenvalue weighted by Crippen LogP contribution is 2.28. The standard InChI is InChI=1S/C20H25N5O3/c1-5-17(26)22-14-6-7-16-13(10-14)11-21-24-18(16)25-9-8-15(12-25)23-19(27)28-20(2,3)4/h5-7,10-11,15H,1,8-9,12H2,2-4H3,(H,22,26)(H,23,27)/t15-/m1/s1. The number of nitrogens with zero attached hydrogens (tertiary/aromatic N) is 3. The van der Waals surface area contributed by atoms with Gasteiger partial charge in [-0.2, -0.15) is 5.10 Å². The minimum Gasteiger partial charge on any atom is -0.444 e. The summed E-state index contributed by atoms with van der Waals surface area (Å²) >= 11 is 0. The Hall–Kier alpha value is -3.16. The number of hydrogen-bond donors (Lipinski definition) is 2. The minimum atomic E-state index is -0.526. The van der Waals surface area contributed by atoms with Gasteiger partial charge in [-0.3, -0.25) is 4.79 Å². The molecule has 2 heterocycles. The van der Waals surface area contributed by atoms with E-state index in [1.807, 2.05) is 39.0 Å². The maximum Gasteiger partial charge on any atom is 0.407 e. The lowest BCUT2D eigenvalue weighted by Crippen LogP contribution is -2.40. The molecular formula is C20H25N5O3. The van der Waals surface area contributed by atoms with Gasteiger partial charge in [0.05, 0.1) is 12.2 Å². The first-order valence-corrected chi connectivity index (χ1v) is 9.18. The van der Waals surface area contributed by atoms with Gasteiger partial charge in [0, 0.05) is 29.5 Å². The van der Waals surface area contributed by atoms with E-state index in [1.54, 1.807) is 6.20 Å². The molecule has 148 valence electrons. The van der Waals surface area contributed by atoms with E-state index in [-0.39, 0.29) is 11.9 Å². The van der Waals surface area contributed by atoms with Crippen LogP contribution < -0.4 is 15.5 Å². The van der Waals surface area contributed by atoms with Gasteiger partial charge in [0.1, 0.15) is 5.60 Å². The zero-order valence-corrected chi connectivity index (χ0v) is 16.4. The molecule has 28 heavy (non-hydrogen) atoms. The van der Waals surface area contributed by atoms with E-state index < -0.39 is 11.7 Å². The van der Waals surface area contributed by atoms with Crippen molar-refractivity contribution in [2.75, 3.05) is 23.3 Å². The van der Waals surface area contributed by atoms with E-state index in [4.69, 9.17) is 4.74 Å². The van der Waals surface area contributed by atoms with Crippen LogP contribution in [0.25, 0.3) is 10.8 Å². The van der Waals surface area contributed by atoms with Crippen LogP contribution in [0, 0.1) is 0 Å². The van der Waals surface area contributed by atoms with Crippen molar-refractivity contribution in [2.24, 2.45) is 0 Å². The zero-order valence-electron chi connectivity index (χ0n) is 16.4. The molecule has 2 N–H and O–H groups in total. The van der Waals surface area contributed by atoms with Gasteiger partial charge in [-0.25, -0.2) is 4.79 Å². The fourth-order valence-electron chi connectivity index (χ4n) is 3.12. The zero-order chi connectivity index (χ0) is 20.3. The number of fused-ring (bicyclic) bond motifs is 1. The average Bonchev–Trinajstić information content (AvgIpc) is 3.07. The van der Waals surface area contributed by atoms with Gasteiger partial charge < -0.3 is 20.3 Å². The number of alkyl carbamates (subject to hydrolysis) is 1. The van der Waals surface area contributed by atoms with Gasteiger partial charge in [0.15, 0.2) is 5.82 Å². The lowest BCUT2D eigenvalue weighted by atomic mass is 10.1. The maximum absolute atomic E-state index is 12.0. The van der Waals surface area contributed by atoms with E-state index >= 15 is 0 Å². The van der Waals surface area contributed by atoms with Crippen molar-refractivity contribution in [3.05, 3.63) is 37.1 Å². The summed E-state index contributed by atoms with van der Waals surface area (Å²) in [6.45, 7) is 10.3. The molecule has 0 saturated carbocycles. The van der Waals surface area contributed by atoms with Gasteiger partial charge in [-0.1, -0.05) is 6.58 Å². The summed E-state index contributed by atoms with van der Waals surface area (Å²) < 4.78 is 5.33. The lowest BCUT2D eigenvalue weighted by molar-refractivity contribution is -0.111. The number of ether oxygens (including phenoxy) is 1. The minimum absolute atomic E-state index is 0.0157. The Morgan fingerprint density at radius 2 is 2.14 bits per heavy atom. The third-order valence-electron chi connectivity index (χ3n) is 4.30. The quantitative estimate of drug-likeness (QED) is 0.788. The van der Waals surface area contributed by atoms with E-state index in [0.717, 1.165) is 29.6 Å². The molecule has 8 heteroatoms. The SMILES string of the molecule is C=CC(=O)Nc1ccc2c(N3CC[C@@H](NC(=O)OC(C)(C)C)C3)nncc2c1. The summed E-state index contributed by atoms with van der Waals surface area (Å²) in [6.07, 6.45) is 3.27. The molecule has 2 aromatic rings. The Labute approximate surface area is 164 Å². The number of anilines is 2. The summed E-state index contributed by atoms with van der Waals surface area (Å²) in [7, 11) is 0. The summed E-state index contributed by atoms with van der Waals surface area (Å²) in [5.41, 5.74) is 0.143. The molecule has 0 spiro atoms. The molecule has 1 aliphatic heterocycles. The monoisotopic (exact) mass is 383 g/mol. The maximum atomic E-state index is 12.0. The van der Waals surface area contributed by atoms with Crippen LogP contribution in [0.2, 0.25) is 0 Å². The highest BCUT2D eigenvalue weighted by atomic mass is 16.6. The first-order chi connectivity index (χ1) is 13.2. The molecular weight excluding hydrogens is 358 g/mol. The number of hydrogen-bond acceptors (Lipinski definition) is 6. The lowest BCUT2D eigenvalue weighted by Gasteiger charge is -2.22. The van der Waals surface area contributed by atoms with Crippen molar-refractivity contribution in [3.8, 4) is 0 Å². The normalized spacial score (nSPS) is 16.7. The van der Waals surface area contributed by atoms with Crippen LogP contribution in [0.15, 0.2) is 37.1 Å². The van der Waals surface area contributed by atoms with Crippen LogP contribution >= 0.6 is 0 Å². The number of nitrogens with one attached hydrogen (secondary N) is 2. The summed E-state index contributed by atoms with van der Waals surface area (Å²) in [5.74, 6) is 0.491. The Morgan fingerprint density at radius 1 is 1.36 bits per heavy atom. The van der Waals surface area contributed by atoms with E-state index in [0.29, 0.717) is 12.2 Å². The van der Waals surface area contributed by atoms with Crippen molar-refractivity contribution < 1.29 is 14.3 Å². The Balaban J connectivity index is 1.72. The molecule has 2 amide bonds. The number of carbonyl (C=O) groups is 2. The van der Waals surface area contributed by atoms with Crippen molar-refractivity contribution in [3.63, 3.8) is 0 Å². The second kappa shape index (κ2) is 7.84. The summed E-state index contributed by atoms with van der Waals surface area (Å²) in [6, 6.07) is 5.56. The van der Waals surface area contributed by atoms with Gasteiger partial charge >= 0.3 is 6.09 Å². The van der Waals surface area contributed by atoms with Crippen molar-refractivity contribution >= 4 is 34.3 Å². The predicted octanol–water partition coefficient (Wildman–Crippen LogP) is 2.86. The first kappa shape index (κ1) is 19.6. The largest absolute Gasteiger partial charge is 0.444 e.